The molecule has 3 aromatic carbocycles. The molecule has 0 atom stereocenters. The number of ether oxygens (including phenoxy) is 1. The van der Waals surface area contributed by atoms with Gasteiger partial charge in [-0.15, -0.1) is 0 Å². The first kappa shape index (κ1) is 24.9. The Balaban J connectivity index is 1.46. The van der Waals surface area contributed by atoms with Gasteiger partial charge >= 0.3 is 0 Å². The first-order valence-corrected chi connectivity index (χ1v) is 13.3. The largest absolute Gasteiger partial charge is 0.496 e. The van der Waals surface area contributed by atoms with Crippen LogP contribution in [0.5, 0.6) is 5.75 Å². The van der Waals surface area contributed by atoms with E-state index in [1.165, 1.54) is 4.31 Å². The molecule has 7 heteroatoms. The number of piperidine rings is 1. The molecular formula is C28H32N2O4S. The van der Waals surface area contributed by atoms with Gasteiger partial charge in [-0.25, -0.2) is 8.42 Å². The maximum Gasteiger partial charge on any atom is 0.243 e. The Hall–Kier alpha value is -3.16. The Morgan fingerprint density at radius 3 is 1.94 bits per heavy atom. The summed E-state index contributed by atoms with van der Waals surface area (Å²) in [5.41, 5.74) is 2.93. The van der Waals surface area contributed by atoms with Crippen LogP contribution in [0, 0.1) is 12.8 Å². The van der Waals surface area contributed by atoms with Crippen molar-refractivity contribution in [3.63, 3.8) is 0 Å². The van der Waals surface area contributed by atoms with E-state index in [1.54, 1.807) is 25.3 Å². The fraction of sp³-hybridized carbons (Fsp3) is 0.321. The highest BCUT2D eigenvalue weighted by atomic mass is 32.2. The number of methoxy groups -OCH3 is 1. The van der Waals surface area contributed by atoms with Crippen LogP contribution in [-0.2, 0) is 27.9 Å². The van der Waals surface area contributed by atoms with E-state index in [9.17, 15) is 13.2 Å². The fourth-order valence-electron chi connectivity index (χ4n) is 4.58. The predicted octanol–water partition coefficient (Wildman–Crippen LogP) is 4.63. The van der Waals surface area contributed by atoms with Crippen LogP contribution in [0.1, 0.15) is 29.5 Å². The van der Waals surface area contributed by atoms with Crippen LogP contribution >= 0.6 is 0 Å². The first-order chi connectivity index (χ1) is 16.9. The summed E-state index contributed by atoms with van der Waals surface area (Å²) >= 11 is 0. The molecule has 0 aliphatic carbocycles. The molecule has 3 aromatic rings. The average molecular weight is 493 g/mol. The summed E-state index contributed by atoms with van der Waals surface area (Å²) in [7, 11) is -2.06. The third-order valence-corrected chi connectivity index (χ3v) is 8.45. The predicted molar refractivity (Wildman–Crippen MR) is 136 cm³/mol. The Morgan fingerprint density at radius 1 is 0.914 bits per heavy atom. The zero-order valence-electron chi connectivity index (χ0n) is 20.3. The van der Waals surface area contributed by atoms with Crippen LogP contribution in [0.4, 0.5) is 0 Å². The van der Waals surface area contributed by atoms with Crippen LogP contribution in [-0.4, -0.2) is 43.7 Å². The highest BCUT2D eigenvalue weighted by molar-refractivity contribution is 7.89. The van der Waals surface area contributed by atoms with Gasteiger partial charge in [0.1, 0.15) is 5.75 Å². The zero-order valence-corrected chi connectivity index (χ0v) is 21.1. The highest BCUT2D eigenvalue weighted by Crippen LogP contribution is 2.28. The molecule has 35 heavy (non-hydrogen) atoms. The monoisotopic (exact) mass is 492 g/mol. The van der Waals surface area contributed by atoms with Gasteiger partial charge < -0.3 is 9.64 Å². The third-order valence-electron chi connectivity index (χ3n) is 6.55. The number of nitrogens with zero attached hydrogens (tertiary/aromatic N) is 2. The molecule has 0 bridgehead atoms. The van der Waals surface area contributed by atoms with Crippen molar-refractivity contribution in [2.45, 2.75) is 37.8 Å². The molecule has 4 rings (SSSR count). The quantitative estimate of drug-likeness (QED) is 0.460. The van der Waals surface area contributed by atoms with E-state index in [-0.39, 0.29) is 16.7 Å². The fourth-order valence-corrected chi connectivity index (χ4v) is 6.14. The first-order valence-electron chi connectivity index (χ1n) is 11.9. The lowest BCUT2D eigenvalue weighted by Crippen LogP contribution is -2.44. The van der Waals surface area contributed by atoms with Gasteiger partial charge in [0.15, 0.2) is 0 Å². The van der Waals surface area contributed by atoms with Crippen molar-refractivity contribution in [1.82, 2.24) is 9.21 Å². The maximum absolute atomic E-state index is 13.6. The number of aryl methyl sites for hydroxylation is 1. The summed E-state index contributed by atoms with van der Waals surface area (Å²) in [6, 6.07) is 24.9. The van der Waals surface area contributed by atoms with Crippen molar-refractivity contribution in [3.05, 3.63) is 95.6 Å². The number of carbonyl (C=O) groups is 1. The van der Waals surface area contributed by atoms with Crippen molar-refractivity contribution in [3.8, 4) is 5.75 Å². The van der Waals surface area contributed by atoms with Crippen molar-refractivity contribution in [2.75, 3.05) is 20.2 Å². The van der Waals surface area contributed by atoms with E-state index in [0.29, 0.717) is 44.8 Å². The minimum Gasteiger partial charge on any atom is -0.496 e. The Morgan fingerprint density at radius 2 is 1.46 bits per heavy atom. The molecule has 1 aliphatic rings. The lowest BCUT2D eigenvalue weighted by Gasteiger charge is -2.34. The molecule has 0 aromatic heterocycles. The second-order valence-electron chi connectivity index (χ2n) is 8.98. The van der Waals surface area contributed by atoms with Gasteiger partial charge in [0.25, 0.3) is 0 Å². The third kappa shape index (κ3) is 5.92. The lowest BCUT2D eigenvalue weighted by atomic mass is 9.96. The summed E-state index contributed by atoms with van der Waals surface area (Å²) in [6.45, 7) is 3.54. The number of hydrogen-bond donors (Lipinski definition) is 0. The summed E-state index contributed by atoms with van der Waals surface area (Å²) in [4.78, 5) is 15.7. The second-order valence-corrected chi connectivity index (χ2v) is 10.9. The van der Waals surface area contributed by atoms with Crippen LogP contribution in [0.25, 0.3) is 0 Å². The van der Waals surface area contributed by atoms with Gasteiger partial charge in [0.05, 0.1) is 12.0 Å². The molecule has 1 heterocycles. The van der Waals surface area contributed by atoms with E-state index in [0.717, 1.165) is 16.7 Å². The van der Waals surface area contributed by atoms with E-state index >= 15 is 0 Å². The van der Waals surface area contributed by atoms with Gasteiger partial charge in [-0.1, -0.05) is 60.7 Å². The summed E-state index contributed by atoms with van der Waals surface area (Å²) in [6.07, 6.45) is 1.01. The molecule has 0 saturated carbocycles. The standard InChI is InChI=1S/C28H32N2O4S/c1-22-19-26(13-14-27(22)34-2)35(32,33)30-17-15-25(16-18-30)28(31)29(20-23-9-5-3-6-10-23)21-24-11-7-4-8-12-24/h3-14,19,25H,15-18,20-21H2,1-2H3. The topological polar surface area (TPSA) is 66.9 Å². The van der Waals surface area contributed by atoms with Crippen molar-refractivity contribution < 1.29 is 17.9 Å². The minimum absolute atomic E-state index is 0.0787. The summed E-state index contributed by atoms with van der Waals surface area (Å²) in [5.74, 6) is 0.534. The summed E-state index contributed by atoms with van der Waals surface area (Å²) in [5, 5.41) is 0. The Labute approximate surface area is 208 Å². The lowest BCUT2D eigenvalue weighted by molar-refractivity contribution is -0.138. The van der Waals surface area contributed by atoms with Crippen molar-refractivity contribution >= 4 is 15.9 Å². The number of amides is 1. The molecule has 0 spiro atoms. The van der Waals surface area contributed by atoms with Crippen molar-refractivity contribution in [2.24, 2.45) is 5.92 Å². The highest BCUT2D eigenvalue weighted by Gasteiger charge is 2.34. The van der Waals surface area contributed by atoms with Crippen LogP contribution in [0.15, 0.2) is 83.8 Å². The minimum atomic E-state index is -3.62. The van der Waals surface area contributed by atoms with Gasteiger partial charge in [0.2, 0.25) is 15.9 Å². The van der Waals surface area contributed by atoms with Crippen molar-refractivity contribution in [1.29, 1.82) is 0 Å². The molecule has 0 N–H and O–H groups in total. The molecule has 1 aliphatic heterocycles. The Kier molecular flexibility index (Phi) is 7.88. The molecular weight excluding hydrogens is 460 g/mol. The second kappa shape index (κ2) is 11.1. The summed E-state index contributed by atoms with van der Waals surface area (Å²) < 4.78 is 33.2. The number of benzene rings is 3. The molecule has 0 unspecified atom stereocenters. The molecule has 1 amide bonds. The molecule has 1 saturated heterocycles. The molecule has 184 valence electrons. The normalized spacial score (nSPS) is 15.0. The average Bonchev–Trinajstić information content (AvgIpc) is 2.89. The number of hydrogen-bond acceptors (Lipinski definition) is 4. The van der Waals surface area contributed by atoms with Gasteiger partial charge in [-0.05, 0) is 54.7 Å². The SMILES string of the molecule is COc1ccc(S(=O)(=O)N2CCC(C(=O)N(Cc3ccccc3)Cc3ccccc3)CC2)cc1C. The van der Waals surface area contributed by atoms with E-state index in [1.807, 2.05) is 72.5 Å². The zero-order chi connectivity index (χ0) is 24.8. The number of carbonyl (C=O) groups excluding carboxylic acids is 1. The van der Waals surface area contributed by atoms with E-state index < -0.39 is 10.0 Å². The number of rotatable bonds is 8. The molecule has 1 fully saturated rings. The number of sulfonamides is 1. The maximum atomic E-state index is 13.6. The van der Waals surface area contributed by atoms with Crippen LogP contribution in [0.2, 0.25) is 0 Å². The van der Waals surface area contributed by atoms with E-state index in [2.05, 4.69) is 0 Å². The molecule has 6 nitrogen and oxygen atoms in total. The van der Waals surface area contributed by atoms with Gasteiger partial charge in [0, 0.05) is 32.1 Å². The van der Waals surface area contributed by atoms with Gasteiger partial charge in [-0.2, -0.15) is 4.31 Å². The van der Waals surface area contributed by atoms with E-state index in [4.69, 9.17) is 4.74 Å². The smallest absolute Gasteiger partial charge is 0.243 e. The van der Waals surface area contributed by atoms with Crippen LogP contribution in [0.3, 0.4) is 0 Å². The molecule has 0 radical (unpaired) electrons. The van der Waals surface area contributed by atoms with Gasteiger partial charge in [-0.3, -0.25) is 4.79 Å². The van der Waals surface area contributed by atoms with Crippen LogP contribution < -0.4 is 4.74 Å². The Bertz CT molecular complexity index is 1200.